The topological polar surface area (TPSA) is 127 Å². The van der Waals surface area contributed by atoms with Gasteiger partial charge >= 0.3 is 11.8 Å². The fourth-order valence-corrected chi connectivity index (χ4v) is 2.79. The molecule has 0 fully saturated rings. The molecular weight excluding hydrogens is 412 g/mol. The Morgan fingerprint density at radius 3 is 2.60 bits per heavy atom. The van der Waals surface area contributed by atoms with E-state index < -0.39 is 16.7 Å². The molecule has 0 spiro atoms. The monoisotopic (exact) mass is 426 g/mol. The third-order valence-corrected chi connectivity index (χ3v) is 4.41. The van der Waals surface area contributed by atoms with Gasteiger partial charge in [-0.25, -0.2) is 5.43 Å². The standard InChI is InChI=1S/C20H15ClN4O5/c1-12-14(5-4-8-17(12)25(28)29)18-10-9-13(30-18)11-22-24-20(27)19(26)23-16-7-3-2-6-15(16)21/h2-11H,1H3,(H,23,26)(H,24,27). The van der Waals surface area contributed by atoms with E-state index in [1.807, 2.05) is 0 Å². The van der Waals surface area contributed by atoms with Crippen molar-refractivity contribution in [3.05, 3.63) is 81.1 Å². The number of furan rings is 1. The first kappa shape index (κ1) is 20.7. The Hall–Kier alpha value is -3.98. The van der Waals surface area contributed by atoms with Gasteiger partial charge in [-0.1, -0.05) is 35.9 Å². The van der Waals surface area contributed by atoms with Gasteiger partial charge in [-0.3, -0.25) is 19.7 Å². The summed E-state index contributed by atoms with van der Waals surface area (Å²) in [5, 5.41) is 17.4. The molecule has 0 atom stereocenters. The number of benzene rings is 2. The van der Waals surface area contributed by atoms with Gasteiger partial charge in [-0.05, 0) is 31.2 Å². The highest BCUT2D eigenvalue weighted by molar-refractivity contribution is 6.41. The second-order valence-electron chi connectivity index (χ2n) is 6.04. The summed E-state index contributed by atoms with van der Waals surface area (Å²) >= 11 is 5.92. The van der Waals surface area contributed by atoms with Gasteiger partial charge in [-0.15, -0.1) is 0 Å². The number of hydrogen-bond donors (Lipinski definition) is 2. The third kappa shape index (κ3) is 4.70. The normalized spacial score (nSPS) is 10.7. The number of nitro benzene ring substituents is 1. The summed E-state index contributed by atoms with van der Waals surface area (Å²) < 4.78 is 5.60. The Balaban J connectivity index is 1.64. The molecule has 1 heterocycles. The quantitative estimate of drug-likeness (QED) is 0.277. The van der Waals surface area contributed by atoms with E-state index in [9.17, 15) is 19.7 Å². The number of anilines is 1. The molecule has 30 heavy (non-hydrogen) atoms. The highest BCUT2D eigenvalue weighted by atomic mass is 35.5. The molecule has 0 radical (unpaired) electrons. The van der Waals surface area contributed by atoms with Crippen LogP contribution in [0.5, 0.6) is 0 Å². The lowest BCUT2D eigenvalue weighted by atomic mass is 10.1. The molecule has 152 valence electrons. The summed E-state index contributed by atoms with van der Waals surface area (Å²) in [6.45, 7) is 1.63. The van der Waals surface area contributed by atoms with Crippen molar-refractivity contribution >= 4 is 41.0 Å². The number of carbonyl (C=O) groups excluding carboxylic acids is 2. The van der Waals surface area contributed by atoms with Gasteiger partial charge in [0.25, 0.3) is 5.69 Å². The summed E-state index contributed by atoms with van der Waals surface area (Å²) in [6, 6.07) is 14.4. The largest absolute Gasteiger partial charge is 0.455 e. The number of rotatable bonds is 5. The molecule has 2 N–H and O–H groups in total. The molecule has 0 saturated carbocycles. The minimum atomic E-state index is -0.993. The summed E-state index contributed by atoms with van der Waals surface area (Å²) in [5.41, 5.74) is 3.39. The molecular formula is C20H15ClN4O5. The van der Waals surface area contributed by atoms with Crippen LogP contribution in [0.25, 0.3) is 11.3 Å². The number of nitrogens with zero attached hydrogens (tertiary/aromatic N) is 2. The molecule has 2 aromatic carbocycles. The molecule has 0 aliphatic heterocycles. The smallest absolute Gasteiger partial charge is 0.329 e. The number of para-hydroxylation sites is 1. The Morgan fingerprint density at radius 2 is 1.87 bits per heavy atom. The van der Waals surface area contributed by atoms with Crippen LogP contribution in [0.4, 0.5) is 11.4 Å². The lowest BCUT2D eigenvalue weighted by Crippen LogP contribution is -2.32. The average Bonchev–Trinajstić information content (AvgIpc) is 3.18. The molecule has 0 bridgehead atoms. The fourth-order valence-electron chi connectivity index (χ4n) is 2.60. The zero-order valence-corrected chi connectivity index (χ0v) is 16.3. The summed E-state index contributed by atoms with van der Waals surface area (Å²) in [4.78, 5) is 34.3. The van der Waals surface area contributed by atoms with Crippen molar-refractivity contribution in [3.63, 3.8) is 0 Å². The first-order valence-corrected chi connectivity index (χ1v) is 8.97. The highest BCUT2D eigenvalue weighted by Gasteiger charge is 2.17. The van der Waals surface area contributed by atoms with Gasteiger partial charge in [0.1, 0.15) is 11.5 Å². The maximum absolute atomic E-state index is 11.9. The Bertz CT molecular complexity index is 1160. The lowest BCUT2D eigenvalue weighted by molar-refractivity contribution is -0.385. The van der Waals surface area contributed by atoms with E-state index >= 15 is 0 Å². The first-order valence-electron chi connectivity index (χ1n) is 8.60. The van der Waals surface area contributed by atoms with Crippen molar-refractivity contribution in [1.82, 2.24) is 5.43 Å². The van der Waals surface area contributed by atoms with E-state index in [-0.39, 0.29) is 11.4 Å². The Labute approximate surface area is 175 Å². The van der Waals surface area contributed by atoms with Crippen LogP contribution in [0.1, 0.15) is 11.3 Å². The molecule has 0 aliphatic rings. The van der Waals surface area contributed by atoms with Crippen LogP contribution in [0.15, 0.2) is 64.1 Å². The predicted molar refractivity (Wildman–Crippen MR) is 111 cm³/mol. The maximum Gasteiger partial charge on any atom is 0.329 e. The van der Waals surface area contributed by atoms with Gasteiger partial charge in [0.05, 0.1) is 21.8 Å². The van der Waals surface area contributed by atoms with Crippen molar-refractivity contribution in [2.24, 2.45) is 5.10 Å². The first-order chi connectivity index (χ1) is 14.4. The van der Waals surface area contributed by atoms with Crippen LogP contribution in [-0.2, 0) is 9.59 Å². The lowest BCUT2D eigenvalue weighted by Gasteiger charge is -2.05. The van der Waals surface area contributed by atoms with Crippen LogP contribution >= 0.6 is 11.6 Å². The minimum Gasteiger partial charge on any atom is -0.455 e. The van der Waals surface area contributed by atoms with Gasteiger partial charge < -0.3 is 9.73 Å². The van der Waals surface area contributed by atoms with E-state index in [2.05, 4.69) is 15.8 Å². The number of nitrogens with one attached hydrogen (secondary N) is 2. The second kappa shape index (κ2) is 9.01. The molecule has 0 aliphatic carbocycles. The number of carbonyl (C=O) groups is 2. The van der Waals surface area contributed by atoms with Crippen molar-refractivity contribution in [2.45, 2.75) is 6.92 Å². The summed E-state index contributed by atoms with van der Waals surface area (Å²) in [5.74, 6) is -1.25. The van der Waals surface area contributed by atoms with Crippen LogP contribution in [0.2, 0.25) is 5.02 Å². The molecule has 10 heteroatoms. The number of amides is 2. The van der Waals surface area contributed by atoms with Gasteiger partial charge in [0, 0.05) is 17.2 Å². The van der Waals surface area contributed by atoms with E-state index in [1.54, 1.807) is 55.5 Å². The average molecular weight is 427 g/mol. The SMILES string of the molecule is Cc1c(-c2ccc(C=NNC(=O)C(=O)Nc3ccccc3Cl)o2)cccc1[N+](=O)[O-]. The zero-order valence-electron chi connectivity index (χ0n) is 15.6. The predicted octanol–water partition coefficient (Wildman–Crippen LogP) is 3.91. The molecule has 1 aromatic heterocycles. The van der Waals surface area contributed by atoms with E-state index in [4.69, 9.17) is 16.0 Å². The number of halogens is 1. The van der Waals surface area contributed by atoms with E-state index in [0.717, 1.165) is 0 Å². The number of hydrazone groups is 1. The van der Waals surface area contributed by atoms with Crippen molar-refractivity contribution in [1.29, 1.82) is 0 Å². The fraction of sp³-hybridized carbons (Fsp3) is 0.0500. The van der Waals surface area contributed by atoms with Crippen molar-refractivity contribution < 1.29 is 18.9 Å². The second-order valence-corrected chi connectivity index (χ2v) is 6.45. The third-order valence-electron chi connectivity index (χ3n) is 4.08. The molecule has 2 amide bonds. The van der Waals surface area contributed by atoms with Gasteiger partial charge in [-0.2, -0.15) is 5.10 Å². The van der Waals surface area contributed by atoms with Gasteiger partial charge in [0.2, 0.25) is 0 Å². The summed E-state index contributed by atoms with van der Waals surface area (Å²) in [7, 11) is 0. The molecule has 3 aromatic rings. The molecule has 3 rings (SSSR count). The van der Waals surface area contributed by atoms with Crippen LogP contribution in [0.3, 0.4) is 0 Å². The Morgan fingerprint density at radius 1 is 1.10 bits per heavy atom. The van der Waals surface area contributed by atoms with Crippen LogP contribution in [0, 0.1) is 17.0 Å². The maximum atomic E-state index is 11.9. The highest BCUT2D eigenvalue weighted by Crippen LogP contribution is 2.30. The van der Waals surface area contributed by atoms with Crippen molar-refractivity contribution in [3.8, 4) is 11.3 Å². The number of nitro groups is 1. The van der Waals surface area contributed by atoms with E-state index in [0.29, 0.717) is 27.6 Å². The number of hydrogen-bond acceptors (Lipinski definition) is 6. The zero-order chi connectivity index (χ0) is 21.7. The molecule has 0 unspecified atom stereocenters. The summed E-state index contributed by atoms with van der Waals surface area (Å²) in [6.07, 6.45) is 1.21. The van der Waals surface area contributed by atoms with E-state index in [1.165, 1.54) is 12.3 Å². The van der Waals surface area contributed by atoms with Crippen LogP contribution < -0.4 is 10.7 Å². The molecule has 9 nitrogen and oxygen atoms in total. The molecule has 0 saturated heterocycles. The Kier molecular flexibility index (Phi) is 6.23. The van der Waals surface area contributed by atoms with Crippen LogP contribution in [-0.4, -0.2) is 23.0 Å². The minimum absolute atomic E-state index is 0.0177. The van der Waals surface area contributed by atoms with Gasteiger partial charge in [0.15, 0.2) is 0 Å². The van der Waals surface area contributed by atoms with Crippen molar-refractivity contribution in [2.75, 3.05) is 5.32 Å².